The minimum Gasteiger partial charge on any atom is -0.378 e. The molecule has 0 aliphatic rings. The van der Waals surface area contributed by atoms with Crippen molar-refractivity contribution in [2.75, 3.05) is 78.6 Å². The van der Waals surface area contributed by atoms with Crippen molar-refractivity contribution in [1.82, 2.24) is 0 Å². The van der Waals surface area contributed by atoms with Crippen molar-refractivity contribution in [2.45, 2.75) is 5.60 Å². The van der Waals surface area contributed by atoms with Gasteiger partial charge in [-0.25, -0.2) is 0 Å². The van der Waals surface area contributed by atoms with Crippen LogP contribution in [0.3, 0.4) is 0 Å². The van der Waals surface area contributed by atoms with Gasteiger partial charge in [-0.1, -0.05) is 91.0 Å². The van der Waals surface area contributed by atoms with Crippen LogP contribution in [-0.2, 0) is 34.0 Å². The SMILES string of the molecule is ClCCOCCOCCOCCOCCOCCOC(c1ccccc1)(c1ccccc1)c1ccccc1. The molecule has 0 spiro atoms. The summed E-state index contributed by atoms with van der Waals surface area (Å²) >= 11 is 5.54. The third-order valence-electron chi connectivity index (χ3n) is 5.80. The van der Waals surface area contributed by atoms with Crippen molar-refractivity contribution in [3.63, 3.8) is 0 Å². The molecule has 0 amide bonds. The highest BCUT2D eigenvalue weighted by Gasteiger charge is 2.37. The van der Waals surface area contributed by atoms with Gasteiger partial charge in [0.15, 0.2) is 0 Å². The molecule has 0 aromatic heterocycles. The molecule has 0 bridgehead atoms. The Morgan fingerprint density at radius 2 is 0.684 bits per heavy atom. The highest BCUT2D eigenvalue weighted by molar-refractivity contribution is 6.17. The number of alkyl halides is 1. The molecule has 0 atom stereocenters. The maximum Gasteiger partial charge on any atom is 0.143 e. The minimum absolute atomic E-state index is 0.429. The van der Waals surface area contributed by atoms with Gasteiger partial charge >= 0.3 is 0 Å². The Morgan fingerprint density at radius 1 is 0.395 bits per heavy atom. The molecule has 38 heavy (non-hydrogen) atoms. The number of hydrogen-bond donors (Lipinski definition) is 0. The lowest BCUT2D eigenvalue weighted by Gasteiger charge is -2.36. The smallest absolute Gasteiger partial charge is 0.143 e. The quantitative estimate of drug-likeness (QED) is 0.103. The summed E-state index contributed by atoms with van der Waals surface area (Å²) in [6.45, 7) is 5.60. The van der Waals surface area contributed by atoms with Crippen LogP contribution in [0.4, 0.5) is 0 Å². The van der Waals surface area contributed by atoms with Crippen LogP contribution in [0.15, 0.2) is 91.0 Å². The summed E-state index contributed by atoms with van der Waals surface area (Å²) in [4.78, 5) is 0. The Balaban J connectivity index is 1.38. The van der Waals surface area contributed by atoms with Crippen LogP contribution >= 0.6 is 11.6 Å². The number of ether oxygens (including phenoxy) is 6. The van der Waals surface area contributed by atoms with Crippen molar-refractivity contribution in [1.29, 1.82) is 0 Å². The van der Waals surface area contributed by atoms with E-state index in [1.54, 1.807) is 0 Å². The molecular formula is C31H39ClO6. The number of halogens is 1. The lowest BCUT2D eigenvalue weighted by molar-refractivity contribution is -0.0390. The third-order valence-corrected chi connectivity index (χ3v) is 5.95. The van der Waals surface area contributed by atoms with Gasteiger partial charge in [-0.2, -0.15) is 0 Å². The Morgan fingerprint density at radius 3 is 1.00 bits per heavy atom. The Labute approximate surface area is 231 Å². The van der Waals surface area contributed by atoms with E-state index in [-0.39, 0.29) is 0 Å². The minimum atomic E-state index is -0.734. The van der Waals surface area contributed by atoms with Crippen LogP contribution in [0.5, 0.6) is 0 Å². The summed E-state index contributed by atoms with van der Waals surface area (Å²) in [5.41, 5.74) is 2.49. The van der Waals surface area contributed by atoms with Crippen LogP contribution in [0.1, 0.15) is 16.7 Å². The first kappa shape index (κ1) is 30.3. The first-order chi connectivity index (χ1) is 18.9. The third kappa shape index (κ3) is 10.1. The molecular weight excluding hydrogens is 504 g/mol. The zero-order valence-electron chi connectivity index (χ0n) is 22.0. The van der Waals surface area contributed by atoms with Crippen molar-refractivity contribution in [3.8, 4) is 0 Å². The molecule has 0 aliphatic carbocycles. The van der Waals surface area contributed by atoms with E-state index < -0.39 is 5.60 Å². The maximum absolute atomic E-state index is 6.70. The number of rotatable bonds is 21. The van der Waals surface area contributed by atoms with Crippen molar-refractivity contribution in [2.24, 2.45) is 0 Å². The molecule has 3 aromatic carbocycles. The zero-order chi connectivity index (χ0) is 26.6. The normalized spacial score (nSPS) is 11.6. The molecule has 0 saturated carbocycles. The van der Waals surface area contributed by atoms with E-state index in [0.29, 0.717) is 78.6 Å². The largest absolute Gasteiger partial charge is 0.378 e. The summed E-state index contributed by atoms with van der Waals surface area (Å²) < 4.78 is 34.2. The van der Waals surface area contributed by atoms with Gasteiger partial charge in [0, 0.05) is 5.88 Å². The van der Waals surface area contributed by atoms with Gasteiger partial charge in [-0.05, 0) is 16.7 Å². The molecule has 3 rings (SSSR count). The van der Waals surface area contributed by atoms with Crippen LogP contribution < -0.4 is 0 Å². The Hall–Kier alpha value is -2.29. The molecule has 0 saturated heterocycles. The van der Waals surface area contributed by atoms with Gasteiger partial charge in [0.2, 0.25) is 0 Å². The van der Waals surface area contributed by atoms with Crippen LogP contribution in [0.2, 0.25) is 0 Å². The molecule has 0 aliphatic heterocycles. The molecule has 206 valence electrons. The average Bonchev–Trinajstić information content (AvgIpc) is 2.98. The molecule has 0 radical (unpaired) electrons. The fourth-order valence-corrected chi connectivity index (χ4v) is 4.17. The monoisotopic (exact) mass is 542 g/mol. The van der Waals surface area contributed by atoms with Gasteiger partial charge in [0.05, 0.1) is 72.7 Å². The molecule has 0 unspecified atom stereocenters. The van der Waals surface area contributed by atoms with E-state index in [9.17, 15) is 0 Å². The molecule has 0 heterocycles. The highest BCUT2D eigenvalue weighted by Crippen LogP contribution is 2.40. The van der Waals surface area contributed by atoms with E-state index in [2.05, 4.69) is 36.4 Å². The average molecular weight is 543 g/mol. The van der Waals surface area contributed by atoms with E-state index in [1.807, 2.05) is 54.6 Å². The predicted molar refractivity (Wildman–Crippen MR) is 150 cm³/mol. The summed E-state index contributed by atoms with van der Waals surface area (Å²) in [7, 11) is 0. The molecule has 3 aromatic rings. The van der Waals surface area contributed by atoms with Crippen molar-refractivity contribution < 1.29 is 28.4 Å². The molecule has 6 nitrogen and oxygen atoms in total. The fourth-order valence-electron chi connectivity index (χ4n) is 4.06. The number of hydrogen-bond acceptors (Lipinski definition) is 6. The molecule has 0 fully saturated rings. The second-order valence-corrected chi connectivity index (χ2v) is 8.76. The maximum atomic E-state index is 6.70. The van der Waals surface area contributed by atoms with Gasteiger partial charge in [0.25, 0.3) is 0 Å². The summed E-state index contributed by atoms with van der Waals surface area (Å²) in [5, 5.41) is 0. The molecule has 0 N–H and O–H groups in total. The second-order valence-electron chi connectivity index (χ2n) is 8.38. The van der Waals surface area contributed by atoms with Gasteiger partial charge in [-0.3, -0.25) is 0 Å². The van der Waals surface area contributed by atoms with E-state index >= 15 is 0 Å². The van der Waals surface area contributed by atoms with Crippen LogP contribution in [0.25, 0.3) is 0 Å². The van der Waals surface area contributed by atoms with Gasteiger partial charge in [-0.15, -0.1) is 11.6 Å². The zero-order valence-corrected chi connectivity index (χ0v) is 22.7. The highest BCUT2D eigenvalue weighted by atomic mass is 35.5. The van der Waals surface area contributed by atoms with E-state index in [0.717, 1.165) is 16.7 Å². The summed E-state index contributed by atoms with van der Waals surface area (Å²) in [5.74, 6) is 0.499. The summed E-state index contributed by atoms with van der Waals surface area (Å²) in [6.07, 6.45) is 0. The lowest BCUT2D eigenvalue weighted by atomic mass is 9.80. The number of benzene rings is 3. The van der Waals surface area contributed by atoms with Crippen LogP contribution in [-0.4, -0.2) is 78.6 Å². The summed E-state index contributed by atoms with van der Waals surface area (Å²) in [6, 6.07) is 31.0. The van der Waals surface area contributed by atoms with Crippen LogP contribution in [0, 0.1) is 0 Å². The second kappa shape index (κ2) is 18.9. The predicted octanol–water partition coefficient (Wildman–Crippen LogP) is 5.32. The van der Waals surface area contributed by atoms with E-state index in [4.69, 9.17) is 40.0 Å². The molecule has 7 heteroatoms. The standard InChI is InChI=1S/C31H39ClO6/c32-16-17-33-18-19-34-20-21-35-22-23-36-24-25-37-26-27-38-31(28-10-4-1-5-11-28,29-12-6-2-7-13-29)30-14-8-3-9-15-30/h1-15H,16-27H2. The Bertz CT molecular complexity index is 861. The van der Waals surface area contributed by atoms with Gasteiger partial charge in [0.1, 0.15) is 5.60 Å². The fraction of sp³-hybridized carbons (Fsp3) is 0.419. The topological polar surface area (TPSA) is 55.4 Å². The van der Waals surface area contributed by atoms with E-state index in [1.165, 1.54) is 0 Å². The van der Waals surface area contributed by atoms with Crippen molar-refractivity contribution in [3.05, 3.63) is 108 Å². The lowest BCUT2D eigenvalue weighted by Crippen LogP contribution is -2.34. The van der Waals surface area contributed by atoms with Gasteiger partial charge < -0.3 is 28.4 Å². The van der Waals surface area contributed by atoms with Crippen molar-refractivity contribution >= 4 is 11.6 Å². The Kier molecular flexibility index (Phi) is 15.0. The first-order valence-corrected chi connectivity index (χ1v) is 13.7. The first-order valence-electron chi connectivity index (χ1n) is 13.1.